The van der Waals surface area contributed by atoms with Gasteiger partial charge in [-0.3, -0.25) is 4.79 Å². The predicted octanol–water partition coefficient (Wildman–Crippen LogP) is 5.43. The van der Waals surface area contributed by atoms with Crippen LogP contribution in [-0.4, -0.2) is 49.6 Å². The summed E-state index contributed by atoms with van der Waals surface area (Å²) in [6.45, 7) is 3.93. The van der Waals surface area contributed by atoms with E-state index in [9.17, 15) is 22.4 Å². The molecular formula is C30H27FN4O5S. The lowest BCUT2D eigenvalue weighted by atomic mass is 9.98. The van der Waals surface area contributed by atoms with Crippen molar-refractivity contribution < 1.29 is 21.2 Å². The van der Waals surface area contributed by atoms with E-state index in [4.69, 9.17) is 4.74 Å². The molecule has 11 heteroatoms. The number of fused-ring (bicyclic) bond motifs is 4. The Kier molecular flexibility index (Phi) is 6.68. The average Bonchev–Trinajstić information content (AvgIpc) is 3.32. The van der Waals surface area contributed by atoms with Crippen LogP contribution >= 0.6 is 0 Å². The zero-order valence-electron chi connectivity index (χ0n) is 22.5. The van der Waals surface area contributed by atoms with Crippen molar-refractivity contribution >= 4 is 43.3 Å². The molecule has 0 aliphatic carbocycles. The number of pyridine rings is 1. The number of rotatable bonds is 6. The first-order chi connectivity index (χ1) is 19.7. The van der Waals surface area contributed by atoms with Crippen molar-refractivity contribution in [1.82, 2.24) is 14.5 Å². The van der Waals surface area contributed by atoms with Crippen molar-refractivity contribution in [3.8, 4) is 28.7 Å². The summed E-state index contributed by atoms with van der Waals surface area (Å²) in [7, 11) is -3.13. The van der Waals surface area contributed by atoms with E-state index in [2.05, 4.69) is 31.8 Å². The van der Waals surface area contributed by atoms with Crippen molar-refractivity contribution in [1.29, 1.82) is 5.26 Å². The van der Waals surface area contributed by atoms with Crippen LogP contribution in [0.25, 0.3) is 44.0 Å². The third-order valence-corrected chi connectivity index (χ3v) is 8.06. The number of nitrogens with one attached hydrogen (secondary N) is 1. The van der Waals surface area contributed by atoms with Gasteiger partial charge in [0, 0.05) is 22.5 Å². The number of H-pyrrole nitrogens is 1. The van der Waals surface area contributed by atoms with E-state index in [1.807, 2.05) is 13.0 Å². The van der Waals surface area contributed by atoms with Crippen LogP contribution < -0.4 is 14.3 Å². The van der Waals surface area contributed by atoms with Gasteiger partial charge in [-0.15, -0.1) is 0 Å². The Morgan fingerprint density at radius 1 is 1.10 bits per heavy atom. The van der Waals surface area contributed by atoms with Crippen LogP contribution in [0.2, 0.25) is 0 Å². The molecule has 0 spiro atoms. The van der Waals surface area contributed by atoms with Gasteiger partial charge in [-0.1, -0.05) is 22.1 Å². The summed E-state index contributed by atoms with van der Waals surface area (Å²) in [5.41, 5.74) is 3.53. The Bertz CT molecular complexity index is 2040. The molecule has 6 rings (SSSR count). The average molecular weight is 575 g/mol. The summed E-state index contributed by atoms with van der Waals surface area (Å²) in [5.74, 6) is 0.248. The molecule has 5 aromatic rings. The number of aromatic nitrogens is 2. The number of hydrogen-bond acceptors (Lipinski definition) is 7. The van der Waals surface area contributed by atoms with Gasteiger partial charge in [0.1, 0.15) is 17.1 Å². The number of aromatic amines is 1. The second-order valence-corrected chi connectivity index (χ2v) is 11.2. The van der Waals surface area contributed by atoms with Crippen molar-refractivity contribution in [2.75, 3.05) is 26.7 Å². The maximum Gasteiger partial charge on any atom is 0.488 e. The predicted molar refractivity (Wildman–Crippen MR) is 155 cm³/mol. The molecule has 0 amide bonds. The summed E-state index contributed by atoms with van der Waals surface area (Å²) >= 11 is 0. The lowest BCUT2D eigenvalue weighted by Gasteiger charge is -2.32. The van der Waals surface area contributed by atoms with Crippen LogP contribution in [0, 0.1) is 11.3 Å². The van der Waals surface area contributed by atoms with Gasteiger partial charge < -0.3 is 23.4 Å². The molecule has 1 saturated heterocycles. The van der Waals surface area contributed by atoms with Gasteiger partial charge in [-0.05, 0) is 81.9 Å². The summed E-state index contributed by atoms with van der Waals surface area (Å²) in [5, 5.41) is 11.2. The summed E-state index contributed by atoms with van der Waals surface area (Å²) in [4.78, 5) is 19.8. The van der Waals surface area contributed by atoms with Gasteiger partial charge in [-0.2, -0.15) is 13.7 Å². The third-order valence-electron chi connectivity index (χ3n) is 7.67. The number of nitriles is 1. The van der Waals surface area contributed by atoms with Crippen molar-refractivity contribution in [3.63, 3.8) is 0 Å². The molecular weight excluding hydrogens is 547 g/mol. The summed E-state index contributed by atoms with van der Waals surface area (Å²) in [6, 6.07) is 17.2. The summed E-state index contributed by atoms with van der Waals surface area (Å²) < 4.78 is 48.2. The second-order valence-electron chi connectivity index (χ2n) is 10.3. The highest BCUT2D eigenvalue weighted by Crippen LogP contribution is 2.39. The molecule has 9 nitrogen and oxygen atoms in total. The van der Waals surface area contributed by atoms with Crippen LogP contribution in [0.15, 0.2) is 59.4 Å². The largest absolute Gasteiger partial charge is 0.493 e. The van der Waals surface area contributed by atoms with Crippen LogP contribution in [0.3, 0.4) is 0 Å². The number of piperidine rings is 1. The van der Waals surface area contributed by atoms with E-state index in [1.54, 1.807) is 36.4 Å². The fraction of sp³-hybridized carbons (Fsp3) is 0.267. The fourth-order valence-electron chi connectivity index (χ4n) is 5.83. The second kappa shape index (κ2) is 10.2. The van der Waals surface area contributed by atoms with Gasteiger partial charge in [0.15, 0.2) is 5.43 Å². The first-order valence-corrected chi connectivity index (χ1v) is 14.6. The Labute approximate surface area is 235 Å². The minimum Gasteiger partial charge on any atom is -0.493 e. The van der Waals surface area contributed by atoms with E-state index in [1.165, 1.54) is 12.1 Å². The van der Waals surface area contributed by atoms with Gasteiger partial charge in [-0.25, -0.2) is 0 Å². The zero-order valence-corrected chi connectivity index (χ0v) is 23.3. The quantitative estimate of drug-likeness (QED) is 0.269. The Morgan fingerprint density at radius 3 is 2.59 bits per heavy atom. The first kappa shape index (κ1) is 26.8. The Balaban J connectivity index is 1.69. The highest BCUT2D eigenvalue weighted by molar-refractivity contribution is 7.81. The van der Waals surface area contributed by atoms with Crippen molar-refractivity contribution in [3.05, 3.63) is 70.4 Å². The monoisotopic (exact) mass is 574 g/mol. The standard InChI is InChI=1S/C30H27FN4O5S/c1-3-39-27-16-24-26(15-23(27)19-5-4-6-21(14-19)40-41(31,37)38)35(20-9-11-34(2)12-10-20)30-28(29(24)36)22-8-7-18(17-32)13-25(22)33-30/h4-8,13-16,20,33H,3,9-12H2,1-2H3. The van der Waals surface area contributed by atoms with Crippen LogP contribution in [0.4, 0.5) is 3.89 Å². The normalized spacial score (nSPS) is 15.0. The van der Waals surface area contributed by atoms with Gasteiger partial charge in [0.25, 0.3) is 0 Å². The Hall–Kier alpha value is -4.40. The SMILES string of the molecule is CCOc1cc2c(=O)c3c4ccc(C#N)cc4[nH]c3n(C3CCN(C)CC3)c2cc1-c1cccc(OS(=O)(=O)F)c1. The number of hydrogen-bond donors (Lipinski definition) is 1. The molecule has 0 saturated carbocycles. The van der Waals surface area contributed by atoms with E-state index < -0.39 is 10.5 Å². The number of likely N-dealkylation sites (tertiary alicyclic amines) is 1. The fourth-order valence-corrected chi connectivity index (χ4v) is 6.16. The van der Waals surface area contributed by atoms with E-state index in [0.29, 0.717) is 56.5 Å². The van der Waals surface area contributed by atoms with Gasteiger partial charge >= 0.3 is 10.5 Å². The van der Waals surface area contributed by atoms with Crippen LogP contribution in [-0.2, 0) is 10.5 Å². The van der Waals surface area contributed by atoms with Gasteiger partial charge in [0.05, 0.1) is 34.5 Å². The van der Waals surface area contributed by atoms with E-state index in [0.717, 1.165) is 31.3 Å². The van der Waals surface area contributed by atoms with E-state index in [-0.39, 0.29) is 17.2 Å². The molecule has 1 aliphatic heterocycles. The molecule has 0 atom stereocenters. The molecule has 0 unspecified atom stereocenters. The number of nitrogens with zero attached hydrogens (tertiary/aromatic N) is 3. The highest BCUT2D eigenvalue weighted by Gasteiger charge is 2.26. The molecule has 1 aliphatic rings. The molecule has 41 heavy (non-hydrogen) atoms. The lowest BCUT2D eigenvalue weighted by Crippen LogP contribution is -2.32. The van der Waals surface area contributed by atoms with Crippen LogP contribution in [0.5, 0.6) is 11.5 Å². The van der Waals surface area contributed by atoms with E-state index >= 15 is 0 Å². The highest BCUT2D eigenvalue weighted by atomic mass is 32.3. The maximum atomic E-state index is 14.1. The molecule has 1 N–H and O–H groups in total. The van der Waals surface area contributed by atoms with Crippen molar-refractivity contribution in [2.45, 2.75) is 25.8 Å². The first-order valence-electron chi connectivity index (χ1n) is 13.3. The van der Waals surface area contributed by atoms with Crippen molar-refractivity contribution in [2.24, 2.45) is 0 Å². The summed E-state index contributed by atoms with van der Waals surface area (Å²) in [6.07, 6.45) is 1.73. The zero-order chi connectivity index (χ0) is 28.9. The number of ether oxygens (including phenoxy) is 1. The van der Waals surface area contributed by atoms with Gasteiger partial charge in [0.2, 0.25) is 0 Å². The molecule has 210 valence electrons. The number of halogens is 1. The minimum absolute atomic E-state index is 0.0810. The van der Waals surface area contributed by atoms with Crippen LogP contribution in [0.1, 0.15) is 31.4 Å². The molecule has 1 fully saturated rings. The topological polar surface area (TPSA) is 117 Å². The smallest absolute Gasteiger partial charge is 0.488 e. The third kappa shape index (κ3) is 4.90. The molecule has 3 aromatic carbocycles. The Morgan fingerprint density at radius 2 is 1.88 bits per heavy atom. The molecule has 2 aromatic heterocycles. The molecule has 0 radical (unpaired) electrons. The number of benzene rings is 3. The molecule has 0 bridgehead atoms. The molecule has 3 heterocycles. The lowest BCUT2D eigenvalue weighted by molar-refractivity contribution is 0.226. The maximum absolute atomic E-state index is 14.1. The minimum atomic E-state index is -5.21.